The number of nitrogens with zero attached hydrogens (tertiary/aromatic N) is 3. The van der Waals surface area contributed by atoms with Crippen LogP contribution in [0.4, 0.5) is 5.69 Å². The Morgan fingerprint density at radius 2 is 1.66 bits per heavy atom. The molecule has 6 rings (SSSR count). The van der Waals surface area contributed by atoms with Gasteiger partial charge in [0.15, 0.2) is 16.3 Å². The van der Waals surface area contributed by atoms with Gasteiger partial charge in [-0.2, -0.15) is 0 Å². The number of carbonyl (C=O) groups excluding carboxylic acids is 2. The van der Waals surface area contributed by atoms with Crippen molar-refractivity contribution in [3.8, 4) is 11.5 Å². The number of methoxy groups -OCH3 is 2. The van der Waals surface area contributed by atoms with Gasteiger partial charge >= 0.3 is 5.97 Å². The molecule has 0 bridgehead atoms. The molecule has 3 aromatic carbocycles. The number of anilines is 1. The zero-order valence-electron chi connectivity index (χ0n) is 25.0. The Labute approximate surface area is 258 Å². The molecule has 2 aliphatic rings. The van der Waals surface area contributed by atoms with Crippen molar-refractivity contribution in [3.63, 3.8) is 0 Å². The maximum atomic E-state index is 14.6. The summed E-state index contributed by atoms with van der Waals surface area (Å²) < 4.78 is 18.4. The topological polar surface area (TPSA) is 99.4 Å². The average Bonchev–Trinajstić information content (AvgIpc) is 3.52. The molecule has 44 heavy (non-hydrogen) atoms. The van der Waals surface area contributed by atoms with E-state index in [1.807, 2.05) is 68.4 Å². The molecule has 0 fully saturated rings. The smallest absolute Gasteiger partial charge is 0.338 e. The van der Waals surface area contributed by atoms with Gasteiger partial charge in [-0.05, 0) is 44.5 Å². The van der Waals surface area contributed by atoms with E-state index >= 15 is 0 Å². The van der Waals surface area contributed by atoms with E-state index in [4.69, 9.17) is 19.2 Å². The number of esters is 1. The van der Waals surface area contributed by atoms with Gasteiger partial charge in [-0.1, -0.05) is 65.9 Å². The molecule has 4 aromatic rings. The molecule has 9 nitrogen and oxygen atoms in total. The van der Waals surface area contributed by atoms with Crippen LogP contribution in [0, 0.1) is 0 Å². The Hall–Kier alpha value is -4.96. The van der Waals surface area contributed by atoms with E-state index in [2.05, 4.69) is 0 Å². The maximum Gasteiger partial charge on any atom is 0.338 e. The minimum absolute atomic E-state index is 0.121. The summed E-state index contributed by atoms with van der Waals surface area (Å²) >= 11 is 1.14. The second-order valence-electron chi connectivity index (χ2n) is 10.5. The lowest BCUT2D eigenvalue weighted by atomic mass is 9.93. The normalized spacial score (nSPS) is 16.9. The number of thiazole rings is 1. The first kappa shape index (κ1) is 29.1. The van der Waals surface area contributed by atoms with Gasteiger partial charge in [0.1, 0.15) is 4.53 Å². The predicted octanol–water partition coefficient (Wildman–Crippen LogP) is 4.08. The van der Waals surface area contributed by atoms with Crippen LogP contribution in [-0.4, -0.2) is 43.3 Å². The molecule has 1 atom stereocenters. The third-order valence-electron chi connectivity index (χ3n) is 7.68. The van der Waals surface area contributed by atoms with E-state index in [9.17, 15) is 14.4 Å². The molecule has 0 spiro atoms. The molecule has 224 valence electrons. The highest BCUT2D eigenvalue weighted by Gasteiger charge is 2.39. The van der Waals surface area contributed by atoms with Crippen LogP contribution in [0.5, 0.6) is 11.5 Å². The number of hydrogen-bond acceptors (Lipinski definition) is 8. The molecule has 1 amide bonds. The third kappa shape index (κ3) is 4.62. The van der Waals surface area contributed by atoms with Crippen molar-refractivity contribution < 1.29 is 23.8 Å². The second-order valence-corrected chi connectivity index (χ2v) is 11.5. The number of carbonyl (C=O) groups is 2. The zero-order chi connectivity index (χ0) is 31.1. The van der Waals surface area contributed by atoms with Crippen molar-refractivity contribution in [2.45, 2.75) is 32.9 Å². The minimum atomic E-state index is -0.928. The van der Waals surface area contributed by atoms with Crippen LogP contribution in [0.1, 0.15) is 43.5 Å². The fourth-order valence-corrected chi connectivity index (χ4v) is 6.89. The fourth-order valence-electron chi connectivity index (χ4n) is 5.80. The van der Waals surface area contributed by atoms with E-state index in [1.165, 1.54) is 18.8 Å². The van der Waals surface area contributed by atoms with Gasteiger partial charge in [-0.3, -0.25) is 14.2 Å². The van der Waals surface area contributed by atoms with E-state index < -0.39 is 17.6 Å². The minimum Gasteiger partial charge on any atom is -0.493 e. The van der Waals surface area contributed by atoms with Crippen molar-refractivity contribution in [2.24, 2.45) is 4.99 Å². The standard InChI is InChI=1S/C34H31N3O6S/c1-6-43-33(40)27-28(20-12-8-7-9-13-20)35-34-37(29(27)21-16-17-24(41-4)25(18-21)42-5)32(39)30(44-34)26-22-14-10-11-15-23(22)36(19(2)3)31(26)38/h7-19,29H,6H2,1-5H3/b30-26+/t29-/m1/s1. The van der Waals surface area contributed by atoms with E-state index in [0.29, 0.717) is 44.3 Å². The summed E-state index contributed by atoms with van der Waals surface area (Å²) in [6.45, 7) is 5.74. The van der Waals surface area contributed by atoms with Gasteiger partial charge in [-0.25, -0.2) is 9.79 Å². The summed E-state index contributed by atoms with van der Waals surface area (Å²) in [7, 11) is 3.06. The molecule has 0 radical (unpaired) electrons. The van der Waals surface area contributed by atoms with E-state index in [0.717, 1.165) is 17.0 Å². The predicted molar refractivity (Wildman–Crippen MR) is 169 cm³/mol. The largest absolute Gasteiger partial charge is 0.493 e. The molecular weight excluding hydrogens is 578 g/mol. The Balaban J connectivity index is 1.72. The van der Waals surface area contributed by atoms with Gasteiger partial charge in [0.2, 0.25) is 0 Å². The number of amides is 1. The van der Waals surface area contributed by atoms with Crippen molar-refractivity contribution in [1.82, 2.24) is 4.57 Å². The van der Waals surface area contributed by atoms with Crippen LogP contribution in [0.15, 0.2) is 88.2 Å². The molecule has 0 unspecified atom stereocenters. The SMILES string of the molecule is CCOC(=O)C1=C(c2ccccc2)N=c2s/c(=C3/C(=O)N(C(C)C)c4ccccc43)c(=O)n2[C@@H]1c1ccc(OC)c(OC)c1. The molecule has 10 heteroatoms. The number of rotatable bonds is 7. The summed E-state index contributed by atoms with van der Waals surface area (Å²) in [6.07, 6.45) is 0. The summed E-state index contributed by atoms with van der Waals surface area (Å²) in [5, 5.41) is 0. The molecule has 3 heterocycles. The van der Waals surface area contributed by atoms with Crippen LogP contribution in [-0.2, 0) is 14.3 Å². The molecule has 0 saturated carbocycles. The van der Waals surface area contributed by atoms with Crippen molar-refractivity contribution >= 4 is 40.2 Å². The van der Waals surface area contributed by atoms with Crippen LogP contribution >= 0.6 is 11.3 Å². The fraction of sp³-hybridized carbons (Fsp3) is 0.235. The second kappa shape index (κ2) is 11.6. The lowest BCUT2D eigenvalue weighted by Crippen LogP contribution is -2.41. The Morgan fingerprint density at radius 1 is 0.955 bits per heavy atom. The number of fused-ring (bicyclic) bond motifs is 2. The average molecular weight is 610 g/mol. The maximum absolute atomic E-state index is 14.6. The first-order valence-corrected chi connectivity index (χ1v) is 15.1. The third-order valence-corrected chi connectivity index (χ3v) is 8.74. The lowest BCUT2D eigenvalue weighted by Gasteiger charge is -2.26. The Morgan fingerprint density at radius 3 is 2.34 bits per heavy atom. The highest BCUT2D eigenvalue weighted by Crippen LogP contribution is 2.39. The van der Waals surface area contributed by atoms with Crippen LogP contribution in [0.25, 0.3) is 11.3 Å². The molecule has 2 aliphatic heterocycles. The Kier molecular flexibility index (Phi) is 7.69. The zero-order valence-corrected chi connectivity index (χ0v) is 25.8. The summed E-state index contributed by atoms with van der Waals surface area (Å²) in [5.74, 6) is 0.0878. The number of aromatic nitrogens is 1. The van der Waals surface area contributed by atoms with Crippen LogP contribution < -0.4 is 29.3 Å². The van der Waals surface area contributed by atoms with E-state index in [1.54, 1.807) is 30.0 Å². The summed E-state index contributed by atoms with van der Waals surface area (Å²) in [6, 6.07) is 21.0. The van der Waals surface area contributed by atoms with Gasteiger partial charge in [0.25, 0.3) is 11.5 Å². The van der Waals surface area contributed by atoms with Crippen molar-refractivity contribution in [1.29, 1.82) is 0 Å². The number of benzene rings is 3. The van der Waals surface area contributed by atoms with Gasteiger partial charge < -0.3 is 19.1 Å². The van der Waals surface area contributed by atoms with Crippen LogP contribution in [0.3, 0.4) is 0 Å². The van der Waals surface area contributed by atoms with E-state index in [-0.39, 0.29) is 28.7 Å². The number of hydrogen-bond donors (Lipinski definition) is 0. The van der Waals surface area contributed by atoms with Crippen molar-refractivity contribution in [2.75, 3.05) is 25.7 Å². The number of para-hydroxylation sites is 1. The highest BCUT2D eigenvalue weighted by molar-refractivity contribution is 7.07. The summed E-state index contributed by atoms with van der Waals surface area (Å²) in [4.78, 5) is 49.2. The number of ether oxygens (including phenoxy) is 3. The first-order chi connectivity index (χ1) is 21.3. The van der Waals surface area contributed by atoms with Gasteiger partial charge in [0, 0.05) is 17.2 Å². The molecule has 0 aliphatic carbocycles. The quantitative estimate of drug-likeness (QED) is 0.293. The Bertz CT molecular complexity index is 2010. The van der Waals surface area contributed by atoms with Gasteiger partial charge in [0.05, 0.1) is 49.4 Å². The molecular formula is C34H31N3O6S. The lowest BCUT2D eigenvalue weighted by molar-refractivity contribution is -0.138. The summed E-state index contributed by atoms with van der Waals surface area (Å²) in [5.41, 5.74) is 3.22. The first-order valence-electron chi connectivity index (χ1n) is 14.3. The molecule has 0 N–H and O–H groups in total. The highest BCUT2D eigenvalue weighted by atomic mass is 32.1. The van der Waals surface area contributed by atoms with Crippen molar-refractivity contribution in [3.05, 3.63) is 115 Å². The monoisotopic (exact) mass is 609 g/mol. The molecule has 1 aromatic heterocycles. The van der Waals surface area contributed by atoms with Crippen LogP contribution in [0.2, 0.25) is 0 Å². The molecule has 0 saturated heterocycles. The van der Waals surface area contributed by atoms with Gasteiger partial charge in [-0.15, -0.1) is 0 Å².